The molecule has 1 heterocycles. The van der Waals surface area contributed by atoms with Crippen LogP contribution in [0.1, 0.15) is 10.4 Å². The molecule has 88 valence electrons. The van der Waals surface area contributed by atoms with Gasteiger partial charge in [-0.1, -0.05) is 34.1 Å². The fourth-order valence-electron chi connectivity index (χ4n) is 1.46. The van der Waals surface area contributed by atoms with Crippen molar-refractivity contribution in [1.29, 1.82) is 0 Å². The lowest BCUT2D eigenvalue weighted by Crippen LogP contribution is -3.00. The van der Waals surface area contributed by atoms with Crippen LogP contribution in [0.4, 0.5) is 0 Å². The lowest BCUT2D eigenvalue weighted by Gasteiger charge is -1.98. The Morgan fingerprint density at radius 3 is 2.47 bits per heavy atom. The van der Waals surface area contributed by atoms with Gasteiger partial charge in [-0.15, -0.1) is 0 Å². The second kappa shape index (κ2) is 6.67. The van der Waals surface area contributed by atoms with Crippen molar-refractivity contribution >= 4 is 21.7 Å². The second-order valence-electron chi connectivity index (χ2n) is 3.48. The van der Waals surface area contributed by atoms with Gasteiger partial charge < -0.3 is 17.0 Å². The Kier molecular flexibility index (Phi) is 5.51. The lowest BCUT2D eigenvalue weighted by molar-refractivity contribution is -0.683. The molecular formula is C13H11Br2NO. The molecule has 0 fully saturated rings. The first-order chi connectivity index (χ1) is 7.75. The normalized spacial score (nSPS) is 9.47. The van der Waals surface area contributed by atoms with Crippen LogP contribution in [-0.4, -0.2) is 5.78 Å². The number of benzene rings is 1. The molecule has 0 unspecified atom stereocenters. The molecule has 0 bridgehead atoms. The van der Waals surface area contributed by atoms with Gasteiger partial charge in [-0.3, -0.25) is 4.79 Å². The zero-order valence-corrected chi connectivity index (χ0v) is 12.2. The molecule has 0 saturated heterocycles. The summed E-state index contributed by atoms with van der Waals surface area (Å²) in [6, 6.07) is 13.2. The van der Waals surface area contributed by atoms with Crippen LogP contribution in [0.25, 0.3) is 0 Å². The van der Waals surface area contributed by atoms with E-state index in [0.717, 1.165) is 10.0 Å². The third-order valence-corrected chi connectivity index (χ3v) is 2.74. The van der Waals surface area contributed by atoms with E-state index in [1.165, 1.54) is 0 Å². The fourth-order valence-corrected chi connectivity index (χ4v) is 1.86. The highest BCUT2D eigenvalue weighted by Gasteiger charge is 2.11. The number of nitrogens with zero attached hydrogens (tertiary/aromatic N) is 1. The number of aromatic nitrogens is 1. The van der Waals surface area contributed by atoms with E-state index in [0.29, 0.717) is 6.54 Å². The highest BCUT2D eigenvalue weighted by Crippen LogP contribution is 2.11. The number of halogens is 2. The zero-order valence-electron chi connectivity index (χ0n) is 9.01. The van der Waals surface area contributed by atoms with Crippen LogP contribution in [0.5, 0.6) is 0 Å². The number of ketones is 1. The maximum atomic E-state index is 11.9. The summed E-state index contributed by atoms with van der Waals surface area (Å²) in [6.07, 6.45) is 3.77. The number of pyridine rings is 1. The van der Waals surface area contributed by atoms with Gasteiger partial charge in [-0.05, 0) is 12.1 Å². The molecular weight excluding hydrogens is 346 g/mol. The number of hydrogen-bond acceptors (Lipinski definition) is 1. The first-order valence-corrected chi connectivity index (χ1v) is 5.78. The predicted molar refractivity (Wildman–Crippen MR) is 65.1 cm³/mol. The van der Waals surface area contributed by atoms with Crippen LogP contribution in [0.15, 0.2) is 59.3 Å². The Morgan fingerprint density at radius 1 is 1.12 bits per heavy atom. The Morgan fingerprint density at radius 2 is 1.82 bits per heavy atom. The minimum absolute atomic E-state index is 0. The van der Waals surface area contributed by atoms with E-state index in [-0.39, 0.29) is 22.8 Å². The lowest BCUT2D eigenvalue weighted by atomic mass is 10.1. The summed E-state index contributed by atoms with van der Waals surface area (Å²) in [6.45, 7) is 0.372. The van der Waals surface area contributed by atoms with Crippen molar-refractivity contribution in [2.45, 2.75) is 6.54 Å². The molecule has 1 aromatic carbocycles. The monoisotopic (exact) mass is 355 g/mol. The predicted octanol–water partition coefficient (Wildman–Crippen LogP) is -0.377. The van der Waals surface area contributed by atoms with E-state index in [9.17, 15) is 4.79 Å². The molecule has 2 nitrogen and oxygen atoms in total. The van der Waals surface area contributed by atoms with Crippen molar-refractivity contribution in [1.82, 2.24) is 0 Å². The first kappa shape index (κ1) is 14.1. The van der Waals surface area contributed by atoms with E-state index < -0.39 is 0 Å². The smallest absolute Gasteiger partial charge is 0.227 e. The fraction of sp³-hybridized carbons (Fsp3) is 0.0769. The van der Waals surface area contributed by atoms with Crippen molar-refractivity contribution in [2.75, 3.05) is 0 Å². The van der Waals surface area contributed by atoms with Crippen LogP contribution < -0.4 is 21.5 Å². The van der Waals surface area contributed by atoms with Gasteiger partial charge in [-0.2, -0.15) is 4.57 Å². The molecule has 0 aliphatic heterocycles. The molecule has 0 radical (unpaired) electrons. The van der Waals surface area contributed by atoms with Gasteiger partial charge >= 0.3 is 0 Å². The van der Waals surface area contributed by atoms with E-state index in [4.69, 9.17) is 0 Å². The Bertz CT molecular complexity index is 500. The number of rotatable bonds is 3. The van der Waals surface area contributed by atoms with Gasteiger partial charge in [0.15, 0.2) is 12.4 Å². The van der Waals surface area contributed by atoms with Crippen LogP contribution in [-0.2, 0) is 6.54 Å². The van der Waals surface area contributed by atoms with Crippen LogP contribution in [0.3, 0.4) is 0 Å². The van der Waals surface area contributed by atoms with Crippen molar-refractivity contribution in [3.05, 3.63) is 64.9 Å². The van der Waals surface area contributed by atoms with E-state index >= 15 is 0 Å². The molecule has 1 aromatic heterocycles. The molecule has 4 heteroatoms. The standard InChI is InChI=1S/C13H11BrNO.BrH/c14-12-6-4-5-11(9-12)13(16)10-15-7-2-1-3-8-15;/h1-9H,10H2;1H/q+1;/p-1. The van der Waals surface area contributed by atoms with E-state index in [1.54, 1.807) is 0 Å². The number of carbonyl (C=O) groups is 1. The van der Waals surface area contributed by atoms with Gasteiger partial charge in [0, 0.05) is 22.2 Å². The number of hydrogen-bond donors (Lipinski definition) is 0. The minimum atomic E-state index is 0. The maximum absolute atomic E-state index is 11.9. The summed E-state index contributed by atoms with van der Waals surface area (Å²) in [5, 5.41) is 0. The summed E-state index contributed by atoms with van der Waals surface area (Å²) in [5.74, 6) is 0.109. The van der Waals surface area contributed by atoms with Gasteiger partial charge in [-0.25, -0.2) is 0 Å². The van der Waals surface area contributed by atoms with Crippen LogP contribution in [0, 0.1) is 0 Å². The average Bonchev–Trinajstić information content (AvgIpc) is 2.30. The number of carbonyl (C=O) groups excluding carboxylic acids is 1. The largest absolute Gasteiger partial charge is 1.00 e. The Balaban J connectivity index is 0.00000144. The van der Waals surface area contributed by atoms with Crippen molar-refractivity contribution in [3.63, 3.8) is 0 Å². The minimum Gasteiger partial charge on any atom is -1.00 e. The van der Waals surface area contributed by atoms with E-state index in [1.807, 2.05) is 59.4 Å². The highest BCUT2D eigenvalue weighted by molar-refractivity contribution is 9.10. The maximum Gasteiger partial charge on any atom is 0.227 e. The molecule has 0 amide bonds. The third kappa shape index (κ3) is 4.06. The molecule has 2 aromatic rings. The summed E-state index contributed by atoms with van der Waals surface area (Å²) in [7, 11) is 0. The van der Waals surface area contributed by atoms with Crippen molar-refractivity contribution in [2.24, 2.45) is 0 Å². The highest BCUT2D eigenvalue weighted by atomic mass is 79.9. The SMILES string of the molecule is O=C(C[n+]1ccccc1)c1cccc(Br)c1.[Br-]. The topological polar surface area (TPSA) is 20.9 Å². The first-order valence-electron chi connectivity index (χ1n) is 4.98. The quantitative estimate of drug-likeness (QED) is 0.542. The second-order valence-corrected chi connectivity index (χ2v) is 4.40. The Labute approximate surface area is 119 Å². The van der Waals surface area contributed by atoms with Gasteiger partial charge in [0.05, 0.1) is 0 Å². The summed E-state index contributed by atoms with van der Waals surface area (Å²) in [4.78, 5) is 11.9. The Hall–Kier alpha value is -1.000. The summed E-state index contributed by atoms with van der Waals surface area (Å²) >= 11 is 3.36. The van der Waals surface area contributed by atoms with Gasteiger partial charge in [0.1, 0.15) is 0 Å². The zero-order chi connectivity index (χ0) is 11.4. The van der Waals surface area contributed by atoms with Crippen LogP contribution in [0.2, 0.25) is 0 Å². The average molecular weight is 357 g/mol. The third-order valence-electron chi connectivity index (χ3n) is 2.25. The molecule has 17 heavy (non-hydrogen) atoms. The van der Waals surface area contributed by atoms with Gasteiger partial charge in [0.2, 0.25) is 12.3 Å². The van der Waals surface area contributed by atoms with Gasteiger partial charge in [0.25, 0.3) is 0 Å². The van der Waals surface area contributed by atoms with E-state index in [2.05, 4.69) is 15.9 Å². The molecule has 0 spiro atoms. The molecule has 0 N–H and O–H groups in total. The van der Waals surface area contributed by atoms with Crippen molar-refractivity contribution < 1.29 is 26.3 Å². The molecule has 0 saturated carbocycles. The van der Waals surface area contributed by atoms with Crippen LogP contribution >= 0.6 is 15.9 Å². The van der Waals surface area contributed by atoms with Crippen molar-refractivity contribution in [3.8, 4) is 0 Å². The molecule has 0 atom stereocenters. The molecule has 0 aliphatic rings. The number of Topliss-reactive ketones (excluding diaryl/α,β-unsaturated/α-hetero) is 1. The summed E-state index contributed by atoms with van der Waals surface area (Å²) in [5.41, 5.74) is 0.728. The molecule has 0 aliphatic carbocycles. The molecule has 2 rings (SSSR count). The summed E-state index contributed by atoms with van der Waals surface area (Å²) < 4.78 is 2.79.